The largest absolute Gasteiger partial charge is 0.402 e. The minimum atomic E-state index is -1.76. The lowest BCUT2D eigenvalue weighted by Gasteiger charge is -2.28. The van der Waals surface area contributed by atoms with Gasteiger partial charge in [-0.25, -0.2) is 0 Å². The number of carbonyl (C=O) groups excluding carboxylic acids is 1. The molecule has 1 atom stereocenters. The van der Waals surface area contributed by atoms with Crippen LogP contribution in [0.15, 0.2) is 30.3 Å². The molecule has 3 nitrogen and oxygen atoms in total. The van der Waals surface area contributed by atoms with Gasteiger partial charge in [-0.15, -0.1) is 0 Å². The standard InChI is InChI=1S/C13H21NO2Si/c1-14(2)13(15)12(16-17(3,4)5)11-9-7-6-8-10-11/h6-10,12H,1-5H3/t12-/m1/s1. The summed E-state index contributed by atoms with van der Waals surface area (Å²) >= 11 is 0. The smallest absolute Gasteiger partial charge is 0.254 e. The van der Waals surface area contributed by atoms with Gasteiger partial charge in [0.25, 0.3) is 5.91 Å². The van der Waals surface area contributed by atoms with E-state index in [1.54, 1.807) is 19.0 Å². The molecule has 1 aromatic rings. The van der Waals surface area contributed by atoms with Crippen molar-refractivity contribution in [2.75, 3.05) is 14.1 Å². The Bertz CT molecular complexity index is 371. The summed E-state index contributed by atoms with van der Waals surface area (Å²) in [5.74, 6) is -0.00127. The molecule has 0 saturated carbocycles. The first-order valence-corrected chi connectivity index (χ1v) is 9.16. The van der Waals surface area contributed by atoms with E-state index in [0.29, 0.717) is 0 Å². The Morgan fingerprint density at radius 1 is 1.18 bits per heavy atom. The maximum absolute atomic E-state index is 12.1. The summed E-state index contributed by atoms with van der Waals surface area (Å²) in [6.45, 7) is 6.27. The molecule has 0 bridgehead atoms. The molecule has 4 heteroatoms. The second kappa shape index (κ2) is 5.47. The summed E-state index contributed by atoms with van der Waals surface area (Å²) in [7, 11) is 1.75. The average molecular weight is 251 g/mol. The fourth-order valence-electron chi connectivity index (χ4n) is 1.48. The van der Waals surface area contributed by atoms with E-state index in [1.165, 1.54) is 0 Å². The summed E-state index contributed by atoms with van der Waals surface area (Å²) in [5.41, 5.74) is 0.925. The Labute approximate surface area is 105 Å². The fourth-order valence-corrected chi connectivity index (χ4v) is 2.42. The number of benzene rings is 1. The highest BCUT2D eigenvalue weighted by Crippen LogP contribution is 2.23. The van der Waals surface area contributed by atoms with Crippen LogP contribution >= 0.6 is 0 Å². The van der Waals surface area contributed by atoms with E-state index in [2.05, 4.69) is 19.6 Å². The van der Waals surface area contributed by atoms with Crippen molar-refractivity contribution in [3.63, 3.8) is 0 Å². The van der Waals surface area contributed by atoms with Gasteiger partial charge >= 0.3 is 0 Å². The van der Waals surface area contributed by atoms with Gasteiger partial charge in [0.2, 0.25) is 0 Å². The first kappa shape index (κ1) is 13.9. The molecule has 0 saturated heterocycles. The Hall–Kier alpha value is -1.13. The lowest BCUT2D eigenvalue weighted by Crippen LogP contribution is -2.36. The second-order valence-electron chi connectivity index (χ2n) is 5.25. The molecule has 1 rings (SSSR count). The molecular formula is C13H21NO2Si. The molecule has 0 spiro atoms. The lowest BCUT2D eigenvalue weighted by molar-refractivity contribution is -0.136. The molecule has 0 N–H and O–H groups in total. The van der Waals surface area contributed by atoms with Crippen molar-refractivity contribution >= 4 is 14.2 Å². The molecule has 1 amide bonds. The first-order chi connectivity index (χ1) is 7.81. The fraction of sp³-hybridized carbons (Fsp3) is 0.462. The highest BCUT2D eigenvalue weighted by atomic mass is 28.4. The van der Waals surface area contributed by atoms with Crippen LogP contribution in [0.3, 0.4) is 0 Å². The van der Waals surface area contributed by atoms with Crippen LogP contribution in [0.1, 0.15) is 11.7 Å². The van der Waals surface area contributed by atoms with Crippen LogP contribution in [0.2, 0.25) is 19.6 Å². The van der Waals surface area contributed by atoms with E-state index >= 15 is 0 Å². The Balaban J connectivity index is 2.99. The van der Waals surface area contributed by atoms with Gasteiger partial charge in [0, 0.05) is 14.1 Å². The van der Waals surface area contributed by atoms with Crippen molar-refractivity contribution in [3.8, 4) is 0 Å². The molecule has 1 aromatic carbocycles. The van der Waals surface area contributed by atoms with Crippen LogP contribution in [-0.2, 0) is 9.22 Å². The van der Waals surface area contributed by atoms with Crippen LogP contribution in [0.4, 0.5) is 0 Å². The van der Waals surface area contributed by atoms with E-state index in [0.717, 1.165) is 5.56 Å². The van der Waals surface area contributed by atoms with Gasteiger partial charge in [0.05, 0.1) is 0 Å². The van der Waals surface area contributed by atoms with Gasteiger partial charge in [0.1, 0.15) is 0 Å². The van der Waals surface area contributed by atoms with Gasteiger partial charge in [-0.1, -0.05) is 30.3 Å². The number of rotatable bonds is 4. The van der Waals surface area contributed by atoms with Crippen LogP contribution in [0.25, 0.3) is 0 Å². The topological polar surface area (TPSA) is 29.5 Å². The number of carbonyl (C=O) groups is 1. The molecule has 0 aliphatic rings. The average Bonchev–Trinajstić information content (AvgIpc) is 2.25. The molecule has 0 aliphatic heterocycles. The van der Waals surface area contributed by atoms with Gasteiger partial charge in [-0.2, -0.15) is 0 Å². The van der Waals surface area contributed by atoms with E-state index < -0.39 is 14.4 Å². The van der Waals surface area contributed by atoms with Gasteiger partial charge in [-0.3, -0.25) is 4.79 Å². The summed E-state index contributed by atoms with van der Waals surface area (Å²) in [6, 6.07) is 9.67. The molecule has 17 heavy (non-hydrogen) atoms. The van der Waals surface area contributed by atoms with Crippen molar-refractivity contribution in [3.05, 3.63) is 35.9 Å². The molecule has 0 fully saturated rings. The Morgan fingerprint density at radius 2 is 1.71 bits per heavy atom. The minimum Gasteiger partial charge on any atom is -0.402 e. The maximum Gasteiger partial charge on any atom is 0.254 e. The van der Waals surface area contributed by atoms with E-state index in [9.17, 15) is 4.79 Å². The van der Waals surface area contributed by atoms with E-state index in [4.69, 9.17) is 4.43 Å². The monoisotopic (exact) mass is 251 g/mol. The van der Waals surface area contributed by atoms with Gasteiger partial charge in [-0.05, 0) is 25.2 Å². The summed E-state index contributed by atoms with van der Waals surface area (Å²) in [5, 5.41) is 0. The van der Waals surface area contributed by atoms with Gasteiger partial charge < -0.3 is 9.33 Å². The summed E-state index contributed by atoms with van der Waals surface area (Å²) in [4.78, 5) is 13.7. The first-order valence-electron chi connectivity index (χ1n) is 5.75. The maximum atomic E-state index is 12.1. The zero-order valence-electron chi connectivity index (χ0n) is 11.2. The predicted octanol–water partition coefficient (Wildman–Crippen LogP) is 2.67. The lowest BCUT2D eigenvalue weighted by atomic mass is 10.1. The van der Waals surface area contributed by atoms with Crippen LogP contribution in [0.5, 0.6) is 0 Å². The van der Waals surface area contributed by atoms with Crippen molar-refractivity contribution in [1.29, 1.82) is 0 Å². The number of likely N-dealkylation sites (N-methyl/N-ethyl adjacent to an activating group) is 1. The molecule has 0 heterocycles. The Morgan fingerprint density at radius 3 is 2.12 bits per heavy atom. The van der Waals surface area contributed by atoms with Crippen molar-refractivity contribution in [2.24, 2.45) is 0 Å². The molecule has 0 radical (unpaired) electrons. The van der Waals surface area contributed by atoms with Crippen molar-refractivity contribution < 1.29 is 9.22 Å². The number of hydrogen-bond acceptors (Lipinski definition) is 2. The van der Waals surface area contributed by atoms with Crippen LogP contribution in [0, 0.1) is 0 Å². The van der Waals surface area contributed by atoms with Crippen LogP contribution in [-0.4, -0.2) is 33.2 Å². The van der Waals surface area contributed by atoms with Crippen LogP contribution < -0.4 is 0 Å². The zero-order valence-corrected chi connectivity index (χ0v) is 12.2. The zero-order chi connectivity index (χ0) is 13.1. The minimum absolute atomic E-state index is 0.00127. The molecular weight excluding hydrogens is 230 g/mol. The normalized spacial score (nSPS) is 13.2. The van der Waals surface area contributed by atoms with Gasteiger partial charge in [0.15, 0.2) is 14.4 Å². The van der Waals surface area contributed by atoms with Crippen molar-refractivity contribution in [1.82, 2.24) is 4.90 Å². The number of amides is 1. The predicted molar refractivity (Wildman–Crippen MR) is 72.3 cm³/mol. The number of hydrogen-bond donors (Lipinski definition) is 0. The number of nitrogens with zero attached hydrogens (tertiary/aromatic N) is 1. The SMILES string of the molecule is CN(C)C(=O)[C@H](O[Si](C)(C)C)c1ccccc1. The third-order valence-corrected chi connectivity index (χ3v) is 3.18. The molecule has 0 unspecified atom stereocenters. The summed E-state index contributed by atoms with van der Waals surface area (Å²) in [6.07, 6.45) is -0.474. The third kappa shape index (κ3) is 4.32. The third-order valence-electron chi connectivity index (χ3n) is 2.24. The Kier molecular flexibility index (Phi) is 4.48. The van der Waals surface area contributed by atoms with E-state index in [1.807, 2.05) is 30.3 Å². The molecule has 0 aliphatic carbocycles. The second-order valence-corrected chi connectivity index (χ2v) is 9.71. The highest BCUT2D eigenvalue weighted by molar-refractivity contribution is 6.69. The molecule has 94 valence electrons. The quantitative estimate of drug-likeness (QED) is 0.770. The van der Waals surface area contributed by atoms with E-state index in [-0.39, 0.29) is 5.91 Å². The molecule has 0 aromatic heterocycles. The summed E-state index contributed by atoms with van der Waals surface area (Å²) < 4.78 is 5.99. The van der Waals surface area contributed by atoms with Crippen molar-refractivity contribution in [2.45, 2.75) is 25.7 Å². The highest BCUT2D eigenvalue weighted by Gasteiger charge is 2.28.